The predicted molar refractivity (Wildman–Crippen MR) is 115 cm³/mol. The molecule has 2 aromatic rings. The molecule has 4 nitrogen and oxygen atoms in total. The van der Waals surface area contributed by atoms with Crippen LogP contribution in [0.15, 0.2) is 47.5 Å². The number of nitrogens with one attached hydrogen (secondary N) is 2. The fourth-order valence-electron chi connectivity index (χ4n) is 2.43. The summed E-state index contributed by atoms with van der Waals surface area (Å²) in [5.74, 6) is 0.525. The van der Waals surface area contributed by atoms with Gasteiger partial charge in [-0.15, -0.1) is 24.0 Å². The van der Waals surface area contributed by atoms with Crippen molar-refractivity contribution in [1.82, 2.24) is 10.6 Å². The van der Waals surface area contributed by atoms with Crippen LogP contribution in [-0.4, -0.2) is 19.6 Å². The summed E-state index contributed by atoms with van der Waals surface area (Å²) in [7, 11) is 1.69. The second kappa shape index (κ2) is 11.9. The average molecular weight is 471 g/mol. The molecule has 0 heterocycles. The number of rotatable bonds is 7. The highest BCUT2D eigenvalue weighted by Crippen LogP contribution is 2.09. The Morgan fingerprint density at radius 2 is 1.85 bits per heavy atom. The van der Waals surface area contributed by atoms with Gasteiger partial charge in [0.1, 0.15) is 5.82 Å². The average Bonchev–Trinajstić information content (AvgIpc) is 2.61. The number of hydrogen-bond acceptors (Lipinski definition) is 2. The second-order valence-electron chi connectivity index (χ2n) is 5.89. The van der Waals surface area contributed by atoms with Gasteiger partial charge in [-0.3, -0.25) is 0 Å². The van der Waals surface area contributed by atoms with Crippen LogP contribution in [0, 0.1) is 12.7 Å². The van der Waals surface area contributed by atoms with Crippen LogP contribution in [0.5, 0.6) is 0 Å². The van der Waals surface area contributed by atoms with E-state index in [1.165, 1.54) is 0 Å². The molecule has 0 radical (unpaired) electrons. The monoisotopic (exact) mass is 471 g/mol. The van der Waals surface area contributed by atoms with Crippen LogP contribution in [-0.2, 0) is 24.4 Å². The number of hydrogen-bond donors (Lipinski definition) is 2. The summed E-state index contributed by atoms with van der Waals surface area (Å²) in [6, 6.07) is 13.4. The smallest absolute Gasteiger partial charge is 0.191 e. The summed E-state index contributed by atoms with van der Waals surface area (Å²) in [6.45, 7) is 6.21. The van der Waals surface area contributed by atoms with Gasteiger partial charge < -0.3 is 15.4 Å². The van der Waals surface area contributed by atoms with Crippen molar-refractivity contribution in [2.75, 3.05) is 13.7 Å². The third kappa shape index (κ3) is 7.29. The van der Waals surface area contributed by atoms with Crippen LogP contribution >= 0.6 is 24.0 Å². The molecule has 2 rings (SSSR count). The Kier molecular flexibility index (Phi) is 10.2. The van der Waals surface area contributed by atoms with Gasteiger partial charge in [-0.05, 0) is 42.2 Å². The van der Waals surface area contributed by atoms with E-state index in [-0.39, 0.29) is 29.8 Å². The van der Waals surface area contributed by atoms with E-state index < -0.39 is 0 Å². The first-order valence-electron chi connectivity index (χ1n) is 8.46. The van der Waals surface area contributed by atoms with Crippen LogP contribution in [0.3, 0.4) is 0 Å². The van der Waals surface area contributed by atoms with E-state index in [0.717, 1.165) is 23.2 Å². The summed E-state index contributed by atoms with van der Waals surface area (Å²) in [5, 5.41) is 6.45. The lowest BCUT2D eigenvalue weighted by molar-refractivity contribution is 0.185. The van der Waals surface area contributed by atoms with Crippen molar-refractivity contribution in [1.29, 1.82) is 0 Å². The summed E-state index contributed by atoms with van der Waals surface area (Å²) < 4.78 is 18.8. The SMILES string of the molecule is CCNC(=NCc1cccc(COC)c1)NCc1ccc(C)c(F)c1.I. The van der Waals surface area contributed by atoms with Crippen molar-refractivity contribution in [3.05, 3.63) is 70.5 Å². The Labute approximate surface area is 172 Å². The largest absolute Gasteiger partial charge is 0.380 e. The Morgan fingerprint density at radius 3 is 2.54 bits per heavy atom. The van der Waals surface area contributed by atoms with Gasteiger partial charge >= 0.3 is 0 Å². The van der Waals surface area contributed by atoms with Gasteiger partial charge in [0.15, 0.2) is 5.96 Å². The van der Waals surface area contributed by atoms with E-state index in [0.29, 0.717) is 31.2 Å². The van der Waals surface area contributed by atoms with Gasteiger partial charge in [0.25, 0.3) is 0 Å². The number of aliphatic imine (C=N–C) groups is 1. The first-order valence-corrected chi connectivity index (χ1v) is 8.46. The lowest BCUT2D eigenvalue weighted by atomic mass is 10.1. The molecule has 0 spiro atoms. The molecule has 0 bridgehead atoms. The maximum atomic E-state index is 13.6. The number of halogens is 2. The van der Waals surface area contributed by atoms with E-state index in [9.17, 15) is 4.39 Å². The Morgan fingerprint density at radius 1 is 1.08 bits per heavy atom. The molecule has 0 aromatic heterocycles. The number of benzene rings is 2. The van der Waals surface area contributed by atoms with Crippen molar-refractivity contribution < 1.29 is 9.13 Å². The molecular formula is C20H27FIN3O. The third-order valence-corrected chi connectivity index (χ3v) is 3.76. The number of aryl methyl sites for hydroxylation is 1. The third-order valence-electron chi connectivity index (χ3n) is 3.76. The van der Waals surface area contributed by atoms with Gasteiger partial charge in [0.2, 0.25) is 0 Å². The molecule has 0 atom stereocenters. The van der Waals surface area contributed by atoms with Gasteiger partial charge in [-0.1, -0.05) is 36.4 Å². The fourth-order valence-corrected chi connectivity index (χ4v) is 2.43. The highest BCUT2D eigenvalue weighted by molar-refractivity contribution is 14.0. The second-order valence-corrected chi connectivity index (χ2v) is 5.89. The minimum Gasteiger partial charge on any atom is -0.380 e. The zero-order valence-electron chi connectivity index (χ0n) is 15.5. The maximum absolute atomic E-state index is 13.6. The summed E-state index contributed by atoms with van der Waals surface area (Å²) in [6.07, 6.45) is 0. The first kappa shape index (κ1) is 22.4. The number of nitrogens with zero attached hydrogens (tertiary/aromatic N) is 1. The molecule has 0 unspecified atom stereocenters. The predicted octanol–water partition coefficient (Wildman–Crippen LogP) is 4.15. The molecule has 2 aromatic carbocycles. The van der Waals surface area contributed by atoms with Crippen LogP contribution in [0.1, 0.15) is 29.2 Å². The topological polar surface area (TPSA) is 45.7 Å². The Balaban J connectivity index is 0.00000338. The zero-order chi connectivity index (χ0) is 18.1. The van der Waals surface area contributed by atoms with Crippen LogP contribution in [0.25, 0.3) is 0 Å². The fraction of sp³-hybridized carbons (Fsp3) is 0.350. The van der Waals surface area contributed by atoms with Crippen LogP contribution in [0.4, 0.5) is 4.39 Å². The molecule has 142 valence electrons. The normalized spacial score (nSPS) is 11.0. The van der Waals surface area contributed by atoms with E-state index in [1.807, 2.05) is 31.2 Å². The molecule has 0 aliphatic rings. The minimum absolute atomic E-state index is 0. The quantitative estimate of drug-likeness (QED) is 0.362. The lowest BCUT2D eigenvalue weighted by Crippen LogP contribution is -2.36. The Hall–Kier alpha value is -1.67. The standard InChI is InChI=1S/C20H26FN3O.HI/c1-4-22-20(24-13-17-9-8-15(2)19(21)11-17)23-12-16-6-5-7-18(10-16)14-25-3;/h5-11H,4,12-14H2,1-3H3,(H2,22,23,24);1H. The maximum Gasteiger partial charge on any atom is 0.191 e. The lowest BCUT2D eigenvalue weighted by Gasteiger charge is -2.12. The first-order chi connectivity index (χ1) is 12.1. The van der Waals surface area contributed by atoms with E-state index in [1.54, 1.807) is 26.2 Å². The Bertz CT molecular complexity index is 722. The van der Waals surface area contributed by atoms with Gasteiger partial charge in [0, 0.05) is 20.2 Å². The van der Waals surface area contributed by atoms with Crippen molar-refractivity contribution >= 4 is 29.9 Å². The molecule has 0 saturated heterocycles. The highest BCUT2D eigenvalue weighted by atomic mass is 127. The molecule has 0 aliphatic carbocycles. The van der Waals surface area contributed by atoms with Gasteiger partial charge in [-0.2, -0.15) is 0 Å². The molecule has 0 amide bonds. The van der Waals surface area contributed by atoms with Crippen molar-refractivity contribution in [2.24, 2.45) is 4.99 Å². The molecule has 2 N–H and O–H groups in total. The summed E-state index contributed by atoms with van der Waals surface area (Å²) >= 11 is 0. The van der Waals surface area contributed by atoms with E-state index >= 15 is 0 Å². The van der Waals surface area contributed by atoms with E-state index in [2.05, 4.69) is 21.7 Å². The molecule has 0 saturated carbocycles. The van der Waals surface area contributed by atoms with Crippen molar-refractivity contribution in [3.63, 3.8) is 0 Å². The summed E-state index contributed by atoms with van der Waals surface area (Å²) in [5.41, 5.74) is 3.78. The number of ether oxygens (including phenoxy) is 1. The van der Waals surface area contributed by atoms with Gasteiger partial charge in [0.05, 0.1) is 13.2 Å². The van der Waals surface area contributed by atoms with Crippen molar-refractivity contribution in [3.8, 4) is 0 Å². The van der Waals surface area contributed by atoms with Gasteiger partial charge in [-0.25, -0.2) is 9.38 Å². The molecular weight excluding hydrogens is 444 g/mol. The van der Waals surface area contributed by atoms with E-state index in [4.69, 9.17) is 4.74 Å². The van der Waals surface area contributed by atoms with Crippen LogP contribution in [0.2, 0.25) is 0 Å². The highest BCUT2D eigenvalue weighted by Gasteiger charge is 2.02. The minimum atomic E-state index is -0.184. The molecule has 0 aliphatic heterocycles. The van der Waals surface area contributed by atoms with Crippen molar-refractivity contribution in [2.45, 2.75) is 33.5 Å². The number of methoxy groups -OCH3 is 1. The van der Waals surface area contributed by atoms with Crippen LogP contribution < -0.4 is 10.6 Å². The molecule has 6 heteroatoms. The molecule has 26 heavy (non-hydrogen) atoms. The zero-order valence-corrected chi connectivity index (χ0v) is 17.8. The molecule has 0 fully saturated rings. The summed E-state index contributed by atoms with van der Waals surface area (Å²) in [4.78, 5) is 4.60. The number of guanidine groups is 1.